The summed E-state index contributed by atoms with van der Waals surface area (Å²) in [6.07, 6.45) is 4.61. The van der Waals surface area contributed by atoms with E-state index in [0.29, 0.717) is 31.3 Å². The van der Waals surface area contributed by atoms with Crippen molar-refractivity contribution in [2.45, 2.75) is 56.3 Å². The number of piperidine rings is 1. The molecule has 0 amide bonds. The van der Waals surface area contributed by atoms with Gasteiger partial charge in [-0.3, -0.25) is 0 Å². The molecular formula is C12H21NO3S. The number of aliphatic hydroxyl groups excluding tert-OH is 1. The van der Waals surface area contributed by atoms with Crippen molar-refractivity contribution in [3.63, 3.8) is 0 Å². The normalized spacial score (nSPS) is 42.9. The maximum atomic E-state index is 12.5. The number of aliphatic hydroxyl groups is 1. The van der Waals surface area contributed by atoms with Crippen LogP contribution in [-0.4, -0.2) is 41.8 Å². The highest BCUT2D eigenvalue weighted by Crippen LogP contribution is 2.72. The standard InChI is InChI=1S/C12H21NO3S/c1-2-11-7-12(8-11,9-11)17(15,16)13-5-3-10(14)4-6-13/h10,14H,2-9H2,1H3. The van der Waals surface area contributed by atoms with Gasteiger partial charge < -0.3 is 5.11 Å². The van der Waals surface area contributed by atoms with Gasteiger partial charge in [-0.2, -0.15) is 0 Å². The summed E-state index contributed by atoms with van der Waals surface area (Å²) in [5.41, 5.74) is 0.363. The lowest BCUT2D eigenvalue weighted by atomic mass is 9.43. The second kappa shape index (κ2) is 3.45. The molecule has 5 heteroatoms. The third kappa shape index (κ3) is 1.45. The highest BCUT2D eigenvalue weighted by molar-refractivity contribution is 7.90. The molecule has 98 valence electrons. The highest BCUT2D eigenvalue weighted by Gasteiger charge is 2.73. The van der Waals surface area contributed by atoms with Gasteiger partial charge in [0.05, 0.1) is 10.9 Å². The van der Waals surface area contributed by atoms with Gasteiger partial charge in [0.1, 0.15) is 0 Å². The molecular weight excluding hydrogens is 238 g/mol. The Balaban J connectivity index is 1.72. The van der Waals surface area contributed by atoms with E-state index in [-0.39, 0.29) is 6.10 Å². The molecule has 3 aliphatic carbocycles. The van der Waals surface area contributed by atoms with Gasteiger partial charge in [0.15, 0.2) is 0 Å². The van der Waals surface area contributed by atoms with E-state index >= 15 is 0 Å². The molecule has 0 aromatic heterocycles. The topological polar surface area (TPSA) is 57.6 Å². The van der Waals surface area contributed by atoms with Gasteiger partial charge in [0.25, 0.3) is 0 Å². The van der Waals surface area contributed by atoms with Gasteiger partial charge in [0, 0.05) is 13.1 Å². The fourth-order valence-corrected chi connectivity index (χ4v) is 6.60. The monoisotopic (exact) mass is 259 g/mol. The average molecular weight is 259 g/mol. The number of hydrogen-bond donors (Lipinski definition) is 1. The minimum absolute atomic E-state index is 0.309. The maximum absolute atomic E-state index is 12.5. The molecule has 1 heterocycles. The van der Waals surface area contributed by atoms with Crippen LogP contribution in [-0.2, 0) is 10.0 Å². The van der Waals surface area contributed by atoms with E-state index in [1.165, 1.54) is 0 Å². The number of nitrogens with zero attached hydrogens (tertiary/aromatic N) is 1. The van der Waals surface area contributed by atoms with Crippen molar-refractivity contribution >= 4 is 10.0 Å². The van der Waals surface area contributed by atoms with Crippen LogP contribution in [0, 0.1) is 5.41 Å². The Kier molecular flexibility index (Phi) is 2.42. The Bertz CT molecular complexity index is 403. The first-order valence-corrected chi connectivity index (χ1v) is 8.05. The summed E-state index contributed by atoms with van der Waals surface area (Å²) in [6, 6.07) is 0. The Morgan fingerprint density at radius 3 is 2.24 bits per heavy atom. The fourth-order valence-electron chi connectivity index (χ4n) is 3.90. The van der Waals surface area contributed by atoms with Crippen LogP contribution < -0.4 is 0 Å². The summed E-state index contributed by atoms with van der Waals surface area (Å²) in [7, 11) is -3.11. The van der Waals surface area contributed by atoms with E-state index in [1.54, 1.807) is 4.31 Å². The van der Waals surface area contributed by atoms with Crippen molar-refractivity contribution in [2.75, 3.05) is 13.1 Å². The Morgan fingerprint density at radius 2 is 1.76 bits per heavy atom. The van der Waals surface area contributed by atoms with Gasteiger partial charge in [0.2, 0.25) is 10.0 Å². The van der Waals surface area contributed by atoms with Crippen LogP contribution in [0.15, 0.2) is 0 Å². The van der Waals surface area contributed by atoms with Crippen LogP contribution in [0.2, 0.25) is 0 Å². The van der Waals surface area contributed by atoms with Crippen molar-refractivity contribution in [3.05, 3.63) is 0 Å². The quantitative estimate of drug-likeness (QED) is 0.826. The van der Waals surface area contributed by atoms with Crippen molar-refractivity contribution in [1.82, 2.24) is 4.31 Å². The summed E-state index contributed by atoms with van der Waals surface area (Å²) in [6.45, 7) is 3.17. The third-order valence-electron chi connectivity index (χ3n) is 5.15. The molecule has 0 aromatic rings. The summed E-state index contributed by atoms with van der Waals surface area (Å²) in [5, 5.41) is 9.43. The second-order valence-corrected chi connectivity index (χ2v) is 8.53. The third-order valence-corrected chi connectivity index (χ3v) is 7.72. The van der Waals surface area contributed by atoms with E-state index in [2.05, 4.69) is 6.92 Å². The summed E-state index contributed by atoms with van der Waals surface area (Å²) in [4.78, 5) is 0. The predicted molar refractivity (Wildman–Crippen MR) is 65.0 cm³/mol. The first-order chi connectivity index (χ1) is 7.93. The van der Waals surface area contributed by atoms with Crippen LogP contribution >= 0.6 is 0 Å². The lowest BCUT2D eigenvalue weighted by Crippen LogP contribution is -2.72. The zero-order valence-electron chi connectivity index (χ0n) is 10.4. The molecule has 4 aliphatic rings. The Hall–Kier alpha value is -0.130. The van der Waals surface area contributed by atoms with Crippen LogP contribution in [0.4, 0.5) is 0 Å². The van der Waals surface area contributed by atoms with Gasteiger partial charge >= 0.3 is 0 Å². The van der Waals surface area contributed by atoms with Gasteiger partial charge in [-0.25, -0.2) is 12.7 Å². The number of sulfonamides is 1. The van der Waals surface area contributed by atoms with E-state index in [4.69, 9.17) is 0 Å². The molecule has 17 heavy (non-hydrogen) atoms. The van der Waals surface area contributed by atoms with Crippen LogP contribution in [0.25, 0.3) is 0 Å². The molecule has 0 unspecified atom stereocenters. The zero-order valence-corrected chi connectivity index (χ0v) is 11.2. The highest BCUT2D eigenvalue weighted by atomic mass is 32.2. The molecule has 1 saturated heterocycles. The van der Waals surface area contributed by atoms with E-state index in [9.17, 15) is 13.5 Å². The fraction of sp³-hybridized carbons (Fsp3) is 1.00. The SMILES string of the molecule is CCC12CC(S(=O)(=O)N3CCC(O)CC3)(C1)C2. The van der Waals surface area contributed by atoms with Gasteiger partial charge in [-0.05, 0) is 37.5 Å². The Morgan fingerprint density at radius 1 is 1.24 bits per heavy atom. The van der Waals surface area contributed by atoms with Crippen molar-refractivity contribution in [3.8, 4) is 0 Å². The predicted octanol–water partition coefficient (Wildman–Crippen LogP) is 1.11. The molecule has 4 nitrogen and oxygen atoms in total. The lowest BCUT2D eigenvalue weighted by molar-refractivity contribution is -0.0866. The molecule has 1 N–H and O–H groups in total. The first-order valence-electron chi connectivity index (χ1n) is 6.61. The lowest BCUT2D eigenvalue weighted by Gasteiger charge is -2.70. The summed E-state index contributed by atoms with van der Waals surface area (Å²) < 4.78 is 26.3. The van der Waals surface area contributed by atoms with E-state index < -0.39 is 14.8 Å². The second-order valence-electron chi connectivity index (χ2n) is 6.20. The molecule has 3 saturated carbocycles. The number of hydrogen-bond acceptors (Lipinski definition) is 3. The number of rotatable bonds is 3. The van der Waals surface area contributed by atoms with Crippen LogP contribution in [0.3, 0.4) is 0 Å². The largest absolute Gasteiger partial charge is 0.393 e. The molecule has 1 aliphatic heterocycles. The molecule has 0 atom stereocenters. The molecule has 0 aromatic carbocycles. The van der Waals surface area contributed by atoms with Crippen molar-refractivity contribution in [2.24, 2.45) is 5.41 Å². The smallest absolute Gasteiger partial charge is 0.219 e. The van der Waals surface area contributed by atoms with Crippen molar-refractivity contribution < 1.29 is 13.5 Å². The van der Waals surface area contributed by atoms with Crippen molar-refractivity contribution in [1.29, 1.82) is 0 Å². The minimum Gasteiger partial charge on any atom is -0.393 e. The average Bonchev–Trinajstić information content (AvgIpc) is 2.14. The summed E-state index contributed by atoms with van der Waals surface area (Å²) >= 11 is 0. The molecule has 0 spiro atoms. The van der Waals surface area contributed by atoms with Gasteiger partial charge in [-0.1, -0.05) is 13.3 Å². The van der Waals surface area contributed by atoms with Crippen LogP contribution in [0.5, 0.6) is 0 Å². The molecule has 4 rings (SSSR count). The Labute approximate surface area is 103 Å². The zero-order chi connectivity index (χ0) is 12.3. The minimum atomic E-state index is -3.11. The molecule has 0 radical (unpaired) electrons. The van der Waals surface area contributed by atoms with E-state index in [0.717, 1.165) is 25.7 Å². The van der Waals surface area contributed by atoms with Gasteiger partial charge in [-0.15, -0.1) is 0 Å². The maximum Gasteiger partial charge on any atom is 0.219 e. The first kappa shape index (κ1) is 11.9. The molecule has 2 bridgehead atoms. The van der Waals surface area contributed by atoms with Crippen LogP contribution in [0.1, 0.15) is 45.4 Å². The molecule has 4 fully saturated rings. The summed E-state index contributed by atoms with van der Waals surface area (Å²) in [5.74, 6) is 0. The van der Waals surface area contributed by atoms with E-state index in [1.807, 2.05) is 0 Å².